The van der Waals surface area contributed by atoms with Crippen LogP contribution in [0.2, 0.25) is 0 Å². The molecular weight excluding hydrogens is 422 g/mol. The number of hydrogen-bond acceptors (Lipinski definition) is 8. The number of aliphatic hydroxyl groups excluding tert-OH is 1. The van der Waals surface area contributed by atoms with Gasteiger partial charge in [-0.05, 0) is 50.1 Å². The molecule has 0 aliphatic heterocycles. The predicted molar refractivity (Wildman–Crippen MR) is 116 cm³/mol. The monoisotopic (exact) mass is 443 g/mol. The highest BCUT2D eigenvalue weighted by Crippen LogP contribution is 2.32. The Morgan fingerprint density at radius 2 is 2.10 bits per heavy atom. The summed E-state index contributed by atoms with van der Waals surface area (Å²) in [5, 5.41) is 13.0. The lowest BCUT2D eigenvalue weighted by Crippen LogP contribution is -2.25. The molecule has 7 nitrogen and oxygen atoms in total. The summed E-state index contributed by atoms with van der Waals surface area (Å²) in [7, 11) is 0. The average molecular weight is 444 g/mol. The molecule has 1 aliphatic rings. The van der Waals surface area contributed by atoms with Gasteiger partial charge in [0.15, 0.2) is 5.78 Å². The molecule has 0 unspecified atom stereocenters. The van der Waals surface area contributed by atoms with E-state index in [4.69, 9.17) is 9.84 Å². The lowest BCUT2D eigenvalue weighted by molar-refractivity contribution is -0.123. The largest absolute Gasteiger partial charge is 0.490 e. The molecule has 2 heterocycles. The van der Waals surface area contributed by atoms with E-state index in [-0.39, 0.29) is 11.5 Å². The molecule has 1 aliphatic carbocycles. The maximum absolute atomic E-state index is 12.7. The van der Waals surface area contributed by atoms with Gasteiger partial charge < -0.3 is 15.2 Å². The number of rotatable bonds is 9. The lowest BCUT2D eigenvalue weighted by Gasteiger charge is -2.09. The number of fused-ring (bicyclic) bond motifs is 1. The number of aromatic nitrogens is 2. The van der Waals surface area contributed by atoms with E-state index >= 15 is 0 Å². The van der Waals surface area contributed by atoms with Crippen molar-refractivity contribution in [3.8, 4) is 5.75 Å². The summed E-state index contributed by atoms with van der Waals surface area (Å²) < 4.78 is 5.89. The number of amides is 1. The Labute approximate surface area is 181 Å². The van der Waals surface area contributed by atoms with Crippen LogP contribution in [0.4, 0.5) is 0 Å². The molecule has 0 atom stereocenters. The Balaban J connectivity index is 1.45. The molecule has 4 rings (SSSR count). The zero-order valence-electron chi connectivity index (χ0n) is 16.4. The quantitative estimate of drug-likeness (QED) is 0.298. The molecule has 0 bridgehead atoms. The normalized spacial score (nSPS) is 13.4. The number of nitrogens with one attached hydrogen (secondary N) is 1. The summed E-state index contributed by atoms with van der Waals surface area (Å²) >= 11 is 2.73. The smallest absolute Gasteiger partial charge is 0.246 e. The fourth-order valence-corrected chi connectivity index (χ4v) is 4.74. The number of benzene rings is 1. The van der Waals surface area contributed by atoms with E-state index in [9.17, 15) is 9.59 Å². The third kappa shape index (κ3) is 5.16. The van der Waals surface area contributed by atoms with Crippen LogP contribution >= 0.6 is 23.1 Å². The minimum Gasteiger partial charge on any atom is -0.490 e. The van der Waals surface area contributed by atoms with Gasteiger partial charge in [-0.25, -0.2) is 9.97 Å². The first-order valence-corrected chi connectivity index (χ1v) is 11.4. The third-order valence-corrected chi connectivity index (χ3v) is 6.57. The first-order chi connectivity index (χ1) is 14.5. The summed E-state index contributed by atoms with van der Waals surface area (Å²) in [6.45, 7) is 1.59. The van der Waals surface area contributed by atoms with E-state index in [2.05, 4.69) is 15.3 Å². The van der Waals surface area contributed by atoms with Crippen LogP contribution in [0.3, 0.4) is 0 Å². The number of thiophene rings is 1. The second kappa shape index (κ2) is 9.11. The van der Waals surface area contributed by atoms with Gasteiger partial charge in [-0.1, -0.05) is 11.8 Å². The highest BCUT2D eigenvalue weighted by Gasteiger charge is 2.23. The zero-order valence-corrected chi connectivity index (χ0v) is 18.0. The van der Waals surface area contributed by atoms with Crippen LogP contribution in [0, 0.1) is 6.92 Å². The number of carbonyl (C=O) groups is 2. The number of nitrogens with zero attached hydrogens (tertiary/aromatic N) is 2. The van der Waals surface area contributed by atoms with E-state index in [1.54, 1.807) is 6.07 Å². The first kappa shape index (κ1) is 20.8. The SMILES string of the molecule is Cc1nc(SCC(=O)c2ccc(CNC(=O)CO)s2)c2cc(OC3CC3)ccc2n1. The summed E-state index contributed by atoms with van der Waals surface area (Å²) in [5.74, 6) is 1.27. The number of aryl methyl sites for hydroxylation is 1. The van der Waals surface area contributed by atoms with Gasteiger partial charge in [-0.15, -0.1) is 11.3 Å². The van der Waals surface area contributed by atoms with E-state index in [0.29, 0.717) is 23.4 Å². The van der Waals surface area contributed by atoms with Crippen LogP contribution in [0.5, 0.6) is 5.75 Å². The summed E-state index contributed by atoms with van der Waals surface area (Å²) in [6, 6.07) is 9.38. The van der Waals surface area contributed by atoms with Gasteiger partial charge in [-0.2, -0.15) is 0 Å². The van der Waals surface area contributed by atoms with Crippen LogP contribution in [0.15, 0.2) is 35.4 Å². The highest BCUT2D eigenvalue weighted by molar-refractivity contribution is 8.00. The maximum Gasteiger partial charge on any atom is 0.246 e. The van der Waals surface area contributed by atoms with Crippen LogP contribution in [0.1, 0.15) is 33.2 Å². The van der Waals surface area contributed by atoms with E-state index in [1.807, 2.05) is 31.2 Å². The van der Waals surface area contributed by atoms with Gasteiger partial charge in [0.2, 0.25) is 5.91 Å². The minimum absolute atomic E-state index is 0.000431. The van der Waals surface area contributed by atoms with Gasteiger partial charge in [0.05, 0.1) is 28.8 Å². The second-order valence-corrected chi connectivity index (χ2v) is 9.12. The Bertz CT molecular complexity index is 1100. The molecule has 1 aromatic carbocycles. The molecule has 0 saturated heterocycles. The molecule has 156 valence electrons. The fourth-order valence-electron chi connectivity index (χ4n) is 2.82. The number of thioether (sulfide) groups is 1. The number of ketones is 1. The molecule has 0 spiro atoms. The van der Waals surface area contributed by atoms with Crippen LogP contribution in [0.25, 0.3) is 10.9 Å². The number of aliphatic hydroxyl groups is 1. The Morgan fingerprint density at radius 1 is 1.27 bits per heavy atom. The van der Waals surface area contributed by atoms with Crippen LogP contribution < -0.4 is 10.1 Å². The third-order valence-electron chi connectivity index (χ3n) is 4.45. The van der Waals surface area contributed by atoms with Crippen LogP contribution in [-0.4, -0.2) is 45.2 Å². The number of hydrogen-bond donors (Lipinski definition) is 2. The van der Waals surface area contributed by atoms with Crippen molar-refractivity contribution >= 4 is 45.7 Å². The predicted octanol–water partition coefficient (Wildman–Crippen LogP) is 3.12. The van der Waals surface area contributed by atoms with E-state index in [1.165, 1.54) is 23.1 Å². The van der Waals surface area contributed by atoms with Gasteiger partial charge in [0.1, 0.15) is 23.2 Å². The van der Waals surface area contributed by atoms with Crippen molar-refractivity contribution in [2.75, 3.05) is 12.4 Å². The van der Waals surface area contributed by atoms with E-state index < -0.39 is 12.5 Å². The van der Waals surface area contributed by atoms with Crippen LogP contribution in [-0.2, 0) is 11.3 Å². The average Bonchev–Trinajstić information content (AvgIpc) is 3.43. The molecule has 0 radical (unpaired) electrons. The molecule has 30 heavy (non-hydrogen) atoms. The topological polar surface area (TPSA) is 101 Å². The maximum atomic E-state index is 12.7. The Kier molecular flexibility index (Phi) is 6.31. The van der Waals surface area contributed by atoms with Crippen molar-refractivity contribution in [2.24, 2.45) is 0 Å². The van der Waals surface area contributed by atoms with Crippen molar-refractivity contribution in [3.05, 3.63) is 45.9 Å². The van der Waals surface area contributed by atoms with Crippen molar-refractivity contribution in [3.63, 3.8) is 0 Å². The number of Topliss-reactive ketones (excluding diaryl/α,β-unsaturated/α-hetero) is 1. The van der Waals surface area contributed by atoms with Crippen molar-refractivity contribution < 1.29 is 19.4 Å². The first-order valence-electron chi connectivity index (χ1n) is 9.59. The number of carbonyl (C=O) groups excluding carboxylic acids is 2. The van der Waals surface area contributed by atoms with Gasteiger partial charge in [0, 0.05) is 10.3 Å². The molecule has 2 aromatic heterocycles. The molecular formula is C21H21N3O4S2. The van der Waals surface area contributed by atoms with Gasteiger partial charge in [0.25, 0.3) is 0 Å². The molecule has 3 aromatic rings. The van der Waals surface area contributed by atoms with Crippen molar-refractivity contribution in [2.45, 2.75) is 37.4 Å². The summed E-state index contributed by atoms with van der Waals surface area (Å²) in [4.78, 5) is 34.3. The van der Waals surface area contributed by atoms with Crippen molar-refractivity contribution in [1.29, 1.82) is 0 Å². The highest BCUT2D eigenvalue weighted by atomic mass is 32.2. The van der Waals surface area contributed by atoms with Gasteiger partial charge in [-0.3, -0.25) is 9.59 Å². The lowest BCUT2D eigenvalue weighted by atomic mass is 10.2. The molecule has 9 heteroatoms. The summed E-state index contributed by atoms with van der Waals surface area (Å²) in [5.41, 5.74) is 0.832. The number of ether oxygens (including phenoxy) is 1. The molecule has 1 amide bonds. The molecule has 2 N–H and O–H groups in total. The summed E-state index contributed by atoms with van der Waals surface area (Å²) in [6.07, 6.45) is 2.48. The standard InChI is InChI=1S/C21H21N3O4S2/c1-12-23-17-6-4-14(28-13-2-3-13)8-16(17)21(24-12)29-11-18(26)19-7-5-15(30-19)9-22-20(27)10-25/h4-8,13,25H,2-3,9-11H2,1H3,(H,22,27). The fraction of sp³-hybridized carbons (Fsp3) is 0.333. The second-order valence-electron chi connectivity index (χ2n) is 6.98. The zero-order chi connectivity index (χ0) is 21.1. The molecule has 1 fully saturated rings. The minimum atomic E-state index is -0.548. The van der Waals surface area contributed by atoms with Gasteiger partial charge >= 0.3 is 0 Å². The Hall–Kier alpha value is -2.49. The molecule has 1 saturated carbocycles. The Morgan fingerprint density at radius 3 is 2.87 bits per heavy atom. The van der Waals surface area contributed by atoms with Crippen molar-refractivity contribution in [1.82, 2.24) is 15.3 Å². The van der Waals surface area contributed by atoms with E-state index in [0.717, 1.165) is 39.4 Å².